The van der Waals surface area contributed by atoms with Gasteiger partial charge in [0.25, 0.3) is 0 Å². The summed E-state index contributed by atoms with van der Waals surface area (Å²) in [5.74, 6) is 0. The van der Waals surface area contributed by atoms with Crippen LogP contribution in [0.1, 0.15) is 11.1 Å². The lowest BCUT2D eigenvalue weighted by Gasteiger charge is -2.18. The van der Waals surface area contributed by atoms with Crippen LogP contribution < -0.4 is 4.90 Å². The minimum Gasteiger partial charge on any atom is -0.370 e. The van der Waals surface area contributed by atoms with E-state index in [1.54, 1.807) is 0 Å². The predicted octanol–water partition coefficient (Wildman–Crippen LogP) is 3.71. The van der Waals surface area contributed by atoms with E-state index in [0.29, 0.717) is 5.56 Å². The molecule has 0 N–H and O–H groups in total. The van der Waals surface area contributed by atoms with Crippen molar-refractivity contribution in [3.05, 3.63) is 71.8 Å². The first kappa shape index (κ1) is 12.9. The molecule has 0 aliphatic heterocycles. The summed E-state index contributed by atoms with van der Waals surface area (Å²) in [6.45, 7) is 0.771. The van der Waals surface area contributed by atoms with Crippen LogP contribution in [0.5, 0.6) is 0 Å². The van der Waals surface area contributed by atoms with E-state index in [2.05, 4.69) is 35.3 Å². The topological polar surface area (TPSA) is 27.0 Å². The smallest absolute Gasteiger partial charge is 0.101 e. The van der Waals surface area contributed by atoms with Gasteiger partial charge in [-0.1, -0.05) is 54.6 Å². The molecule has 0 heterocycles. The van der Waals surface area contributed by atoms with E-state index in [1.165, 1.54) is 5.56 Å². The Kier molecular flexibility index (Phi) is 4.36. The van der Waals surface area contributed by atoms with Gasteiger partial charge in [-0.25, -0.2) is 0 Å². The average molecular weight is 248 g/mol. The summed E-state index contributed by atoms with van der Waals surface area (Å²) < 4.78 is 0. The summed E-state index contributed by atoms with van der Waals surface area (Å²) in [6.07, 6.45) is 4.19. The molecule has 0 atom stereocenters. The summed E-state index contributed by atoms with van der Waals surface area (Å²) in [7, 11) is 1.99. The van der Waals surface area contributed by atoms with Crippen molar-refractivity contribution in [1.29, 1.82) is 5.26 Å². The number of benzene rings is 2. The second kappa shape index (κ2) is 6.42. The standard InChI is InChI=1S/C17H16N2/c1-19(17-12-6-5-11-16(17)14-18)13-7-10-15-8-3-2-4-9-15/h2-12H,13H2,1H3. The summed E-state index contributed by atoms with van der Waals surface area (Å²) in [5, 5.41) is 9.08. The normalized spacial score (nSPS) is 10.3. The highest BCUT2D eigenvalue weighted by Gasteiger charge is 2.04. The summed E-state index contributed by atoms with van der Waals surface area (Å²) in [4.78, 5) is 2.07. The van der Waals surface area contributed by atoms with E-state index in [-0.39, 0.29) is 0 Å². The van der Waals surface area contributed by atoms with Crippen LogP contribution in [0.2, 0.25) is 0 Å². The molecule has 0 saturated carbocycles. The van der Waals surface area contributed by atoms with Crippen molar-refractivity contribution in [1.82, 2.24) is 0 Å². The number of nitrogens with zero attached hydrogens (tertiary/aromatic N) is 2. The number of para-hydroxylation sites is 1. The Morgan fingerprint density at radius 2 is 1.74 bits per heavy atom. The van der Waals surface area contributed by atoms with Crippen LogP contribution in [-0.2, 0) is 0 Å². The van der Waals surface area contributed by atoms with E-state index in [4.69, 9.17) is 5.26 Å². The summed E-state index contributed by atoms with van der Waals surface area (Å²) >= 11 is 0. The number of nitriles is 1. The Bertz CT molecular complexity index is 594. The highest BCUT2D eigenvalue weighted by molar-refractivity contribution is 5.59. The number of likely N-dealkylation sites (N-methyl/N-ethyl adjacent to an activating group) is 1. The summed E-state index contributed by atoms with van der Waals surface area (Å²) in [5.41, 5.74) is 2.85. The molecule has 94 valence electrons. The monoisotopic (exact) mass is 248 g/mol. The predicted molar refractivity (Wildman–Crippen MR) is 79.9 cm³/mol. The van der Waals surface area contributed by atoms with Gasteiger partial charge in [0.1, 0.15) is 6.07 Å². The maximum atomic E-state index is 9.08. The van der Waals surface area contributed by atoms with Gasteiger partial charge in [0.05, 0.1) is 11.3 Å². The van der Waals surface area contributed by atoms with E-state index >= 15 is 0 Å². The average Bonchev–Trinajstić information content (AvgIpc) is 2.48. The van der Waals surface area contributed by atoms with Crippen LogP contribution in [0.3, 0.4) is 0 Å². The Labute approximate surface area is 114 Å². The molecule has 0 aromatic heterocycles. The third-order valence-corrected chi connectivity index (χ3v) is 2.92. The van der Waals surface area contributed by atoms with E-state index < -0.39 is 0 Å². The van der Waals surface area contributed by atoms with Gasteiger partial charge in [0, 0.05) is 13.6 Å². The van der Waals surface area contributed by atoms with Crippen molar-refractivity contribution in [3.8, 4) is 6.07 Å². The van der Waals surface area contributed by atoms with Crippen molar-refractivity contribution in [2.24, 2.45) is 0 Å². The molecule has 2 aromatic rings. The lowest BCUT2D eigenvalue weighted by Crippen LogP contribution is -2.17. The first-order valence-electron chi connectivity index (χ1n) is 6.23. The second-order valence-corrected chi connectivity index (χ2v) is 4.32. The molecule has 2 rings (SSSR count). The van der Waals surface area contributed by atoms with E-state index in [0.717, 1.165) is 12.2 Å². The van der Waals surface area contributed by atoms with Gasteiger partial charge >= 0.3 is 0 Å². The second-order valence-electron chi connectivity index (χ2n) is 4.32. The molecule has 0 saturated heterocycles. The van der Waals surface area contributed by atoms with Gasteiger partial charge in [-0.2, -0.15) is 5.26 Å². The van der Waals surface area contributed by atoms with E-state index in [9.17, 15) is 0 Å². The van der Waals surface area contributed by atoms with Gasteiger partial charge < -0.3 is 4.90 Å². The van der Waals surface area contributed by atoms with Gasteiger partial charge in [-0.15, -0.1) is 0 Å². The Balaban J connectivity index is 2.04. The molecule has 0 fully saturated rings. The molecule has 2 nitrogen and oxygen atoms in total. The highest BCUT2D eigenvalue weighted by atomic mass is 15.1. The first-order chi connectivity index (χ1) is 9.31. The Hall–Kier alpha value is -2.53. The Morgan fingerprint density at radius 1 is 1.05 bits per heavy atom. The quantitative estimate of drug-likeness (QED) is 0.824. The van der Waals surface area contributed by atoms with Crippen LogP contribution in [0.4, 0.5) is 5.69 Å². The van der Waals surface area contributed by atoms with E-state index in [1.807, 2.05) is 49.5 Å². The van der Waals surface area contributed by atoms with Crippen molar-refractivity contribution in [3.63, 3.8) is 0 Å². The van der Waals surface area contributed by atoms with Crippen molar-refractivity contribution >= 4 is 11.8 Å². The van der Waals surface area contributed by atoms with Crippen molar-refractivity contribution < 1.29 is 0 Å². The molecular weight excluding hydrogens is 232 g/mol. The molecule has 2 heteroatoms. The summed E-state index contributed by atoms with van der Waals surface area (Å²) in [6, 6.07) is 20.1. The minimum absolute atomic E-state index is 0.707. The number of rotatable bonds is 4. The third-order valence-electron chi connectivity index (χ3n) is 2.92. The highest BCUT2D eigenvalue weighted by Crippen LogP contribution is 2.17. The van der Waals surface area contributed by atoms with Gasteiger partial charge in [-0.3, -0.25) is 0 Å². The fraction of sp³-hybridized carbons (Fsp3) is 0.118. The number of hydrogen-bond acceptors (Lipinski definition) is 2. The lowest BCUT2D eigenvalue weighted by atomic mass is 10.1. The first-order valence-corrected chi connectivity index (χ1v) is 6.23. The number of hydrogen-bond donors (Lipinski definition) is 0. The van der Waals surface area contributed by atoms with Crippen LogP contribution in [0.25, 0.3) is 6.08 Å². The Morgan fingerprint density at radius 3 is 2.47 bits per heavy atom. The van der Waals surface area contributed by atoms with Gasteiger partial charge in [0.2, 0.25) is 0 Å². The van der Waals surface area contributed by atoms with Crippen molar-refractivity contribution in [2.45, 2.75) is 0 Å². The molecule has 0 radical (unpaired) electrons. The molecule has 0 aliphatic carbocycles. The van der Waals surface area contributed by atoms with Gasteiger partial charge in [-0.05, 0) is 17.7 Å². The molecule has 19 heavy (non-hydrogen) atoms. The molecule has 0 unspecified atom stereocenters. The van der Waals surface area contributed by atoms with Gasteiger partial charge in [0.15, 0.2) is 0 Å². The molecule has 0 amide bonds. The van der Waals surface area contributed by atoms with Crippen LogP contribution >= 0.6 is 0 Å². The van der Waals surface area contributed by atoms with Crippen LogP contribution in [-0.4, -0.2) is 13.6 Å². The SMILES string of the molecule is CN(CC=Cc1ccccc1)c1ccccc1C#N. The fourth-order valence-electron chi connectivity index (χ4n) is 1.91. The number of anilines is 1. The zero-order valence-corrected chi connectivity index (χ0v) is 11.0. The molecular formula is C17H16N2. The maximum absolute atomic E-state index is 9.08. The molecule has 0 aliphatic rings. The molecule has 2 aromatic carbocycles. The van der Waals surface area contributed by atoms with Crippen LogP contribution in [0.15, 0.2) is 60.7 Å². The maximum Gasteiger partial charge on any atom is 0.101 e. The third kappa shape index (κ3) is 3.46. The lowest BCUT2D eigenvalue weighted by molar-refractivity contribution is 1.03. The van der Waals surface area contributed by atoms with Crippen LogP contribution in [0, 0.1) is 11.3 Å². The zero-order chi connectivity index (χ0) is 13.5. The van der Waals surface area contributed by atoms with Crippen molar-refractivity contribution in [2.75, 3.05) is 18.5 Å². The fourth-order valence-corrected chi connectivity index (χ4v) is 1.91. The zero-order valence-electron chi connectivity index (χ0n) is 11.0. The largest absolute Gasteiger partial charge is 0.370 e. The minimum atomic E-state index is 0.707. The molecule has 0 bridgehead atoms. The molecule has 0 spiro atoms.